The smallest absolute Gasteiger partial charge is 0.267 e. The van der Waals surface area contributed by atoms with Crippen LogP contribution >= 0.6 is 0 Å². The first-order chi connectivity index (χ1) is 8.79. The summed E-state index contributed by atoms with van der Waals surface area (Å²) in [4.78, 5) is 12.1. The Morgan fingerprint density at radius 3 is 2.74 bits per heavy atom. The highest BCUT2D eigenvalue weighted by atomic mass is 19.1. The van der Waals surface area contributed by atoms with Gasteiger partial charge in [-0.05, 0) is 26.0 Å². The Labute approximate surface area is 111 Å². The van der Waals surface area contributed by atoms with Crippen molar-refractivity contribution in [2.75, 3.05) is 6.54 Å². The molecule has 0 fully saturated rings. The van der Waals surface area contributed by atoms with Crippen LogP contribution in [-0.4, -0.2) is 22.6 Å². The lowest BCUT2D eigenvalue weighted by Gasteiger charge is -2.18. The van der Waals surface area contributed by atoms with E-state index in [4.69, 9.17) is 5.73 Å². The number of amides is 1. The fraction of sp³-hybridized carbons (Fsp3) is 0.357. The molecule has 0 bridgehead atoms. The second kappa shape index (κ2) is 4.66. The molecule has 0 aliphatic heterocycles. The summed E-state index contributed by atoms with van der Waals surface area (Å²) in [6, 6.07) is 6.47. The van der Waals surface area contributed by atoms with Crippen LogP contribution in [0, 0.1) is 5.82 Å². The zero-order valence-corrected chi connectivity index (χ0v) is 11.3. The predicted molar refractivity (Wildman–Crippen MR) is 73.5 cm³/mol. The molecule has 0 unspecified atom stereocenters. The Kier molecular flexibility index (Phi) is 3.32. The van der Waals surface area contributed by atoms with Gasteiger partial charge in [-0.15, -0.1) is 0 Å². The van der Waals surface area contributed by atoms with Gasteiger partial charge in [-0.2, -0.15) is 0 Å². The number of nitrogens with zero attached hydrogens (tertiary/aromatic N) is 1. The number of aryl methyl sites for hydroxylation is 1. The summed E-state index contributed by atoms with van der Waals surface area (Å²) in [6.45, 7) is 4.01. The van der Waals surface area contributed by atoms with E-state index in [1.54, 1.807) is 29.8 Å². The number of para-hydroxylation sites is 1. The van der Waals surface area contributed by atoms with Crippen LogP contribution in [0.1, 0.15) is 24.3 Å². The summed E-state index contributed by atoms with van der Waals surface area (Å²) in [5.74, 6) is -0.588. The Hall–Kier alpha value is -1.88. The van der Waals surface area contributed by atoms with Gasteiger partial charge in [0, 0.05) is 24.5 Å². The lowest BCUT2D eigenvalue weighted by atomic mass is 10.1. The van der Waals surface area contributed by atoms with Crippen LogP contribution < -0.4 is 11.1 Å². The number of carbonyl (C=O) groups excluding carboxylic acids is 1. The third-order valence-electron chi connectivity index (χ3n) is 2.94. The maximum atomic E-state index is 13.7. The molecule has 0 atom stereocenters. The molecule has 4 nitrogen and oxygen atoms in total. The molecule has 0 aliphatic carbocycles. The molecule has 0 radical (unpaired) electrons. The topological polar surface area (TPSA) is 60.0 Å². The minimum atomic E-state index is -0.481. The van der Waals surface area contributed by atoms with Gasteiger partial charge in [-0.1, -0.05) is 12.1 Å². The Balaban J connectivity index is 2.33. The normalized spacial score (nSPS) is 11.8. The highest BCUT2D eigenvalue weighted by Gasteiger charge is 2.18. The first kappa shape index (κ1) is 13.5. The number of nitrogens with one attached hydrogen (secondary N) is 1. The van der Waals surface area contributed by atoms with Crippen molar-refractivity contribution >= 4 is 16.8 Å². The highest BCUT2D eigenvalue weighted by Crippen LogP contribution is 2.21. The summed E-state index contributed by atoms with van der Waals surface area (Å²) in [6.07, 6.45) is 0. The number of carbonyl (C=O) groups is 1. The van der Waals surface area contributed by atoms with E-state index in [0.29, 0.717) is 23.1 Å². The molecule has 2 aromatic rings. The number of nitrogens with two attached hydrogens (primary N) is 1. The first-order valence-corrected chi connectivity index (χ1v) is 6.10. The van der Waals surface area contributed by atoms with E-state index >= 15 is 0 Å². The molecule has 1 amide bonds. The summed E-state index contributed by atoms with van der Waals surface area (Å²) in [5, 5.41) is 3.46. The quantitative estimate of drug-likeness (QED) is 0.887. The molecular formula is C14H18FN3O. The number of benzene rings is 1. The molecular weight excluding hydrogens is 245 g/mol. The van der Waals surface area contributed by atoms with Gasteiger partial charge in [0.2, 0.25) is 0 Å². The molecule has 1 aromatic carbocycles. The van der Waals surface area contributed by atoms with Crippen molar-refractivity contribution in [3.8, 4) is 0 Å². The van der Waals surface area contributed by atoms with Crippen molar-refractivity contribution in [1.29, 1.82) is 0 Å². The van der Waals surface area contributed by atoms with E-state index in [2.05, 4.69) is 5.32 Å². The lowest BCUT2D eigenvalue weighted by Crippen LogP contribution is -2.45. The molecule has 0 saturated carbocycles. The van der Waals surface area contributed by atoms with Crippen LogP contribution in [0.2, 0.25) is 0 Å². The van der Waals surface area contributed by atoms with E-state index in [1.807, 2.05) is 13.8 Å². The summed E-state index contributed by atoms with van der Waals surface area (Å²) < 4.78 is 15.3. The first-order valence-electron chi connectivity index (χ1n) is 6.10. The maximum absolute atomic E-state index is 13.7. The van der Waals surface area contributed by atoms with Gasteiger partial charge in [0.05, 0.1) is 5.52 Å². The third-order valence-corrected chi connectivity index (χ3v) is 2.94. The fourth-order valence-electron chi connectivity index (χ4n) is 1.98. The maximum Gasteiger partial charge on any atom is 0.267 e. The van der Waals surface area contributed by atoms with E-state index in [9.17, 15) is 9.18 Å². The summed E-state index contributed by atoms with van der Waals surface area (Å²) in [7, 11) is 1.67. The second-order valence-electron chi connectivity index (χ2n) is 5.44. The minimum Gasteiger partial charge on any atom is -0.349 e. The molecule has 19 heavy (non-hydrogen) atoms. The van der Waals surface area contributed by atoms with E-state index in [0.717, 1.165) is 0 Å². The molecule has 5 heteroatoms. The molecule has 1 heterocycles. The van der Waals surface area contributed by atoms with E-state index < -0.39 is 5.54 Å². The molecule has 0 saturated heterocycles. The monoisotopic (exact) mass is 263 g/mol. The molecule has 2 rings (SSSR count). The average molecular weight is 263 g/mol. The van der Waals surface area contributed by atoms with Gasteiger partial charge in [0.1, 0.15) is 11.5 Å². The SMILES string of the molecule is Cn1c(C(=O)NCC(C)(C)N)cc2cccc(F)c21. The van der Waals surface area contributed by atoms with E-state index in [-0.39, 0.29) is 11.7 Å². The van der Waals surface area contributed by atoms with Crippen molar-refractivity contribution in [2.45, 2.75) is 19.4 Å². The number of halogens is 1. The number of hydrogen-bond donors (Lipinski definition) is 2. The standard InChI is InChI=1S/C14H18FN3O/c1-14(2,16)8-17-13(19)11-7-9-5-4-6-10(15)12(9)18(11)3/h4-7H,8,16H2,1-3H3,(H,17,19). The van der Waals surface area contributed by atoms with Crippen molar-refractivity contribution in [2.24, 2.45) is 12.8 Å². The zero-order valence-electron chi connectivity index (χ0n) is 11.3. The fourth-order valence-corrected chi connectivity index (χ4v) is 1.98. The predicted octanol–water partition coefficient (Wildman–Crippen LogP) is 1.78. The highest BCUT2D eigenvalue weighted by molar-refractivity contribution is 5.98. The van der Waals surface area contributed by atoms with Crippen LogP contribution in [0.5, 0.6) is 0 Å². The van der Waals surface area contributed by atoms with Crippen LogP contribution in [-0.2, 0) is 7.05 Å². The zero-order chi connectivity index (χ0) is 14.2. The van der Waals surface area contributed by atoms with Crippen LogP contribution in [0.25, 0.3) is 10.9 Å². The number of fused-ring (bicyclic) bond motifs is 1. The van der Waals surface area contributed by atoms with E-state index in [1.165, 1.54) is 6.07 Å². The van der Waals surface area contributed by atoms with Gasteiger partial charge >= 0.3 is 0 Å². The lowest BCUT2D eigenvalue weighted by molar-refractivity contribution is 0.0938. The van der Waals surface area contributed by atoms with Crippen molar-refractivity contribution in [3.63, 3.8) is 0 Å². The summed E-state index contributed by atoms with van der Waals surface area (Å²) in [5.41, 5.74) is 6.19. The minimum absolute atomic E-state index is 0.253. The van der Waals surface area contributed by atoms with Gasteiger partial charge in [-0.25, -0.2) is 4.39 Å². The van der Waals surface area contributed by atoms with Crippen LogP contribution in [0.3, 0.4) is 0 Å². The third kappa shape index (κ3) is 2.76. The molecule has 0 spiro atoms. The Morgan fingerprint density at radius 2 is 2.16 bits per heavy atom. The molecule has 1 aromatic heterocycles. The largest absolute Gasteiger partial charge is 0.349 e. The molecule has 3 N–H and O–H groups in total. The van der Waals surface area contributed by atoms with Crippen molar-refractivity contribution < 1.29 is 9.18 Å². The Morgan fingerprint density at radius 1 is 1.47 bits per heavy atom. The van der Waals surface area contributed by atoms with Crippen LogP contribution in [0.4, 0.5) is 4.39 Å². The van der Waals surface area contributed by atoms with Crippen molar-refractivity contribution in [3.05, 3.63) is 35.8 Å². The second-order valence-corrected chi connectivity index (χ2v) is 5.44. The average Bonchev–Trinajstić information content (AvgIpc) is 2.64. The number of hydrogen-bond acceptors (Lipinski definition) is 2. The number of aromatic nitrogens is 1. The number of rotatable bonds is 3. The van der Waals surface area contributed by atoms with Gasteiger partial charge in [-0.3, -0.25) is 4.79 Å². The van der Waals surface area contributed by atoms with Gasteiger partial charge in [0.25, 0.3) is 5.91 Å². The van der Waals surface area contributed by atoms with Crippen molar-refractivity contribution in [1.82, 2.24) is 9.88 Å². The molecule has 0 aliphatic rings. The Bertz CT molecular complexity index is 625. The summed E-state index contributed by atoms with van der Waals surface area (Å²) >= 11 is 0. The van der Waals surface area contributed by atoms with Gasteiger partial charge in [0.15, 0.2) is 0 Å². The molecule has 102 valence electrons. The van der Waals surface area contributed by atoms with Gasteiger partial charge < -0.3 is 15.6 Å². The van der Waals surface area contributed by atoms with Crippen LogP contribution in [0.15, 0.2) is 24.3 Å².